The lowest BCUT2D eigenvalue weighted by molar-refractivity contribution is -0.138. The molecule has 0 saturated heterocycles. The summed E-state index contributed by atoms with van der Waals surface area (Å²) in [5, 5.41) is 7.89. The lowest BCUT2D eigenvalue weighted by Gasteiger charge is -1.87. The second kappa shape index (κ2) is 7.25. The average molecular weight is 216 g/mol. The number of amides is 2. The van der Waals surface area contributed by atoms with E-state index in [-0.39, 0.29) is 5.57 Å². The lowest BCUT2D eigenvalue weighted by atomic mass is 10.3. The molecule has 0 bridgehead atoms. The number of carbonyl (C=O) groups is 4. The molecule has 5 N–H and O–H groups in total. The van der Waals surface area contributed by atoms with Gasteiger partial charge in [-0.2, -0.15) is 0 Å². The first-order valence-corrected chi connectivity index (χ1v) is 3.68. The van der Waals surface area contributed by atoms with Gasteiger partial charge in [-0.25, -0.2) is 4.79 Å². The summed E-state index contributed by atoms with van der Waals surface area (Å²) in [5.74, 6) is -3.87. The molecular weight excluding hydrogens is 204 g/mol. The Morgan fingerprint density at radius 3 is 1.60 bits per heavy atom. The fourth-order valence-electron chi connectivity index (χ4n) is 0.245. The van der Waals surface area contributed by atoms with E-state index in [9.17, 15) is 19.2 Å². The monoisotopic (exact) mass is 216 g/mol. The Morgan fingerprint density at radius 2 is 1.53 bits per heavy atom. The molecule has 7 heteroatoms. The van der Waals surface area contributed by atoms with Crippen LogP contribution in [0.3, 0.4) is 0 Å². The predicted octanol–water partition coefficient (Wildman–Crippen LogP) is -1.44. The first-order valence-electron chi connectivity index (χ1n) is 3.68. The second-order valence-corrected chi connectivity index (χ2v) is 2.52. The van der Waals surface area contributed by atoms with Gasteiger partial charge in [0.15, 0.2) is 0 Å². The number of carbonyl (C=O) groups excluding carboxylic acids is 3. The maximum absolute atomic E-state index is 10.2. The molecular formula is C8H12N2O5. The summed E-state index contributed by atoms with van der Waals surface area (Å²) in [5.41, 5.74) is 9.23. The van der Waals surface area contributed by atoms with Gasteiger partial charge in [0.2, 0.25) is 11.7 Å². The molecule has 84 valence electrons. The molecule has 0 fully saturated rings. The van der Waals surface area contributed by atoms with Crippen LogP contribution >= 0.6 is 0 Å². The largest absolute Gasteiger partial charge is 0.478 e. The van der Waals surface area contributed by atoms with Gasteiger partial charge < -0.3 is 16.6 Å². The van der Waals surface area contributed by atoms with E-state index in [4.69, 9.17) is 5.11 Å². The van der Waals surface area contributed by atoms with Crippen LogP contribution in [0.2, 0.25) is 0 Å². The first-order chi connectivity index (χ1) is 6.68. The quantitative estimate of drug-likeness (QED) is 0.300. The molecule has 7 nitrogen and oxygen atoms in total. The number of hydrogen-bond acceptors (Lipinski definition) is 4. The molecule has 0 spiro atoms. The molecule has 15 heavy (non-hydrogen) atoms. The molecule has 0 radical (unpaired) electrons. The number of carboxylic acids is 1. The minimum Gasteiger partial charge on any atom is -0.478 e. The van der Waals surface area contributed by atoms with Crippen LogP contribution in [-0.2, 0) is 19.2 Å². The average Bonchev–Trinajstić information content (AvgIpc) is 2.03. The zero-order chi connectivity index (χ0) is 12.6. The molecule has 0 aromatic carbocycles. The SMILES string of the molecule is C=C(C)C(=O)O.NC(=O)CC(=O)C(N)=O. The number of Topliss-reactive ketones (excluding diaryl/α,β-unsaturated/α-hetero) is 1. The Kier molecular flexibility index (Phi) is 7.39. The van der Waals surface area contributed by atoms with Crippen LogP contribution in [0.1, 0.15) is 13.3 Å². The van der Waals surface area contributed by atoms with E-state index in [0.29, 0.717) is 0 Å². The van der Waals surface area contributed by atoms with Crippen molar-refractivity contribution in [3.8, 4) is 0 Å². The normalized spacial score (nSPS) is 8.07. The minimum absolute atomic E-state index is 0.176. The summed E-state index contributed by atoms with van der Waals surface area (Å²) in [7, 11) is 0. The lowest BCUT2D eigenvalue weighted by Crippen LogP contribution is -2.27. The second-order valence-electron chi connectivity index (χ2n) is 2.52. The topological polar surface area (TPSA) is 141 Å². The van der Waals surface area contributed by atoms with E-state index < -0.39 is 30.0 Å². The summed E-state index contributed by atoms with van der Waals surface area (Å²) < 4.78 is 0. The molecule has 0 aromatic heterocycles. The van der Waals surface area contributed by atoms with Crippen LogP contribution in [0.5, 0.6) is 0 Å². The highest BCUT2D eigenvalue weighted by molar-refractivity contribution is 6.38. The molecule has 0 aliphatic heterocycles. The third-order valence-corrected chi connectivity index (χ3v) is 0.975. The molecule has 0 heterocycles. The van der Waals surface area contributed by atoms with Gasteiger partial charge in [-0.1, -0.05) is 6.58 Å². The number of hydrogen-bond donors (Lipinski definition) is 3. The fraction of sp³-hybridized carbons (Fsp3) is 0.250. The van der Waals surface area contributed by atoms with Crippen LogP contribution in [0.15, 0.2) is 12.2 Å². The predicted molar refractivity (Wildman–Crippen MR) is 50.5 cm³/mol. The van der Waals surface area contributed by atoms with Crippen LogP contribution in [0.25, 0.3) is 0 Å². The highest BCUT2D eigenvalue weighted by Gasteiger charge is 2.10. The molecule has 0 aliphatic carbocycles. The van der Waals surface area contributed by atoms with Crippen LogP contribution in [-0.4, -0.2) is 28.7 Å². The van der Waals surface area contributed by atoms with Gasteiger partial charge in [0.25, 0.3) is 5.91 Å². The zero-order valence-corrected chi connectivity index (χ0v) is 8.15. The highest BCUT2D eigenvalue weighted by Crippen LogP contribution is 1.81. The summed E-state index contributed by atoms with van der Waals surface area (Å²) in [6, 6.07) is 0. The fourth-order valence-corrected chi connectivity index (χ4v) is 0.245. The molecule has 0 aromatic rings. The van der Waals surface area contributed by atoms with Gasteiger partial charge in [-0.3, -0.25) is 14.4 Å². The van der Waals surface area contributed by atoms with E-state index >= 15 is 0 Å². The number of carboxylic acid groups (broad SMARTS) is 1. The number of aliphatic carboxylic acids is 1. The Morgan fingerprint density at radius 1 is 1.20 bits per heavy atom. The van der Waals surface area contributed by atoms with Crippen molar-refractivity contribution in [2.45, 2.75) is 13.3 Å². The summed E-state index contributed by atoms with van der Waals surface area (Å²) in [6.07, 6.45) is -0.602. The van der Waals surface area contributed by atoms with Crippen molar-refractivity contribution >= 4 is 23.6 Å². The van der Waals surface area contributed by atoms with Crippen molar-refractivity contribution in [1.82, 2.24) is 0 Å². The Hall–Kier alpha value is -2.18. The maximum atomic E-state index is 10.2. The van der Waals surface area contributed by atoms with E-state index in [2.05, 4.69) is 18.0 Å². The molecule has 0 rings (SSSR count). The van der Waals surface area contributed by atoms with Crippen LogP contribution in [0, 0.1) is 0 Å². The number of nitrogens with two attached hydrogens (primary N) is 2. The molecule has 2 amide bonds. The van der Waals surface area contributed by atoms with Gasteiger partial charge >= 0.3 is 5.97 Å². The third kappa shape index (κ3) is 11.8. The van der Waals surface area contributed by atoms with Crippen molar-refractivity contribution in [2.24, 2.45) is 11.5 Å². The third-order valence-electron chi connectivity index (χ3n) is 0.975. The minimum atomic E-state index is -1.13. The van der Waals surface area contributed by atoms with E-state index in [1.54, 1.807) is 0 Å². The van der Waals surface area contributed by atoms with Crippen LogP contribution in [0.4, 0.5) is 0 Å². The molecule has 0 aliphatic rings. The molecule has 0 unspecified atom stereocenters. The zero-order valence-electron chi connectivity index (χ0n) is 8.15. The summed E-state index contributed by atoms with van der Waals surface area (Å²) in [6.45, 7) is 4.60. The van der Waals surface area contributed by atoms with E-state index in [1.807, 2.05) is 0 Å². The van der Waals surface area contributed by atoms with Gasteiger partial charge in [0.1, 0.15) is 0 Å². The Labute approximate surface area is 85.7 Å². The van der Waals surface area contributed by atoms with Crippen molar-refractivity contribution in [2.75, 3.05) is 0 Å². The maximum Gasteiger partial charge on any atom is 0.330 e. The van der Waals surface area contributed by atoms with Gasteiger partial charge in [0, 0.05) is 5.57 Å². The van der Waals surface area contributed by atoms with Gasteiger partial charge in [-0.15, -0.1) is 0 Å². The van der Waals surface area contributed by atoms with Crippen molar-refractivity contribution < 1.29 is 24.3 Å². The summed E-state index contributed by atoms with van der Waals surface area (Å²) >= 11 is 0. The standard InChI is InChI=1S/C4H6N2O3.C4H6O2/c5-3(8)1-2(7)4(6)9;1-3(2)4(5)6/h1H2,(H2,5,8)(H2,6,9);1H2,2H3,(H,5,6). The number of primary amides is 2. The smallest absolute Gasteiger partial charge is 0.330 e. The van der Waals surface area contributed by atoms with E-state index in [1.165, 1.54) is 6.92 Å². The number of rotatable bonds is 4. The Bertz CT molecular complexity index is 296. The molecule has 0 atom stereocenters. The van der Waals surface area contributed by atoms with E-state index in [0.717, 1.165) is 0 Å². The van der Waals surface area contributed by atoms with Gasteiger partial charge in [0.05, 0.1) is 6.42 Å². The highest BCUT2D eigenvalue weighted by atomic mass is 16.4. The Balaban J connectivity index is 0. The first kappa shape index (κ1) is 15.3. The van der Waals surface area contributed by atoms with Gasteiger partial charge in [-0.05, 0) is 6.92 Å². The summed E-state index contributed by atoms with van der Waals surface area (Å²) in [4.78, 5) is 39.6. The number of ketones is 1. The van der Waals surface area contributed by atoms with Crippen molar-refractivity contribution in [1.29, 1.82) is 0 Å². The van der Waals surface area contributed by atoms with Crippen LogP contribution < -0.4 is 11.5 Å². The van der Waals surface area contributed by atoms with Crippen molar-refractivity contribution in [3.63, 3.8) is 0 Å². The molecule has 0 saturated carbocycles. The van der Waals surface area contributed by atoms with Crippen molar-refractivity contribution in [3.05, 3.63) is 12.2 Å².